The van der Waals surface area contributed by atoms with Crippen LogP contribution in [0.25, 0.3) is 0 Å². The zero-order valence-corrected chi connectivity index (χ0v) is 15.2. The molecule has 6 heteroatoms. The molecule has 5 nitrogen and oxygen atoms in total. The van der Waals surface area contributed by atoms with Gasteiger partial charge in [0.1, 0.15) is 0 Å². The van der Waals surface area contributed by atoms with Crippen LogP contribution in [0.5, 0.6) is 0 Å². The number of carbonyl (C=O) groups excluding carboxylic acids is 1. The Labute approximate surface area is 157 Å². The fourth-order valence-corrected chi connectivity index (χ4v) is 2.77. The number of hydrogen-bond acceptors (Lipinski definition) is 4. The van der Waals surface area contributed by atoms with Gasteiger partial charge in [0.2, 0.25) is 5.95 Å². The maximum atomic E-state index is 14.3. The van der Waals surface area contributed by atoms with Gasteiger partial charge in [-0.2, -0.15) is 4.39 Å². The molecule has 1 heterocycles. The Morgan fingerprint density at radius 3 is 2.11 bits per heavy atom. The van der Waals surface area contributed by atoms with Crippen LogP contribution in [0.4, 0.5) is 4.39 Å². The van der Waals surface area contributed by atoms with Crippen LogP contribution in [-0.2, 0) is 16.6 Å². The average molecular weight is 365 g/mol. The van der Waals surface area contributed by atoms with Gasteiger partial charge in [-0.1, -0.05) is 60.7 Å². The van der Waals surface area contributed by atoms with Gasteiger partial charge in [-0.05, 0) is 6.92 Å². The quantitative estimate of drug-likeness (QED) is 0.494. The molecule has 0 bridgehead atoms. The third kappa shape index (κ3) is 4.28. The Kier molecular flexibility index (Phi) is 5.76. The summed E-state index contributed by atoms with van der Waals surface area (Å²) in [6, 6.07) is 17.8. The van der Waals surface area contributed by atoms with Gasteiger partial charge in [-0.3, -0.25) is 9.67 Å². The van der Waals surface area contributed by atoms with Crippen molar-refractivity contribution in [3.05, 3.63) is 89.5 Å². The highest BCUT2D eigenvalue weighted by Gasteiger charge is 2.28. The van der Waals surface area contributed by atoms with E-state index in [2.05, 4.69) is 10.1 Å². The summed E-state index contributed by atoms with van der Waals surface area (Å²) in [6.45, 7) is 1.88. The summed E-state index contributed by atoms with van der Waals surface area (Å²) < 4.78 is 20.8. The lowest BCUT2D eigenvalue weighted by molar-refractivity contribution is -0.144. The highest BCUT2D eigenvalue weighted by molar-refractivity contribution is 6.13. The number of aromatic nitrogens is 2. The van der Waals surface area contributed by atoms with E-state index in [1.807, 2.05) is 60.7 Å². The second-order valence-corrected chi connectivity index (χ2v) is 5.91. The van der Waals surface area contributed by atoms with Crippen LogP contribution in [0.3, 0.4) is 0 Å². The maximum Gasteiger partial charge on any atom is 0.335 e. The number of rotatable bonds is 6. The zero-order valence-electron chi connectivity index (χ0n) is 15.2. The SMILES string of the molecule is CCOC(=O)C(N=C(c1ccccc1)c1ccccc1)c1cn(C)nc1F. The van der Waals surface area contributed by atoms with Gasteiger partial charge >= 0.3 is 5.97 Å². The first kappa shape index (κ1) is 18.5. The van der Waals surface area contributed by atoms with Crippen molar-refractivity contribution >= 4 is 11.7 Å². The molecule has 138 valence electrons. The molecule has 0 aliphatic rings. The predicted octanol–water partition coefficient (Wildman–Crippen LogP) is 3.70. The Bertz CT molecular complexity index is 895. The van der Waals surface area contributed by atoms with E-state index in [0.717, 1.165) is 11.1 Å². The maximum absolute atomic E-state index is 14.3. The van der Waals surface area contributed by atoms with Crippen LogP contribution in [0.2, 0.25) is 0 Å². The first-order chi connectivity index (χ1) is 13.1. The van der Waals surface area contributed by atoms with Crippen molar-refractivity contribution in [1.82, 2.24) is 9.78 Å². The van der Waals surface area contributed by atoms with Crippen molar-refractivity contribution in [2.45, 2.75) is 13.0 Å². The van der Waals surface area contributed by atoms with Crippen molar-refractivity contribution in [2.75, 3.05) is 6.61 Å². The van der Waals surface area contributed by atoms with Gasteiger partial charge in [0.15, 0.2) is 6.04 Å². The number of aliphatic imine (C=N–C) groups is 1. The molecular formula is C21H20FN3O2. The Hall–Kier alpha value is -3.28. The Morgan fingerprint density at radius 2 is 1.67 bits per heavy atom. The van der Waals surface area contributed by atoms with E-state index >= 15 is 0 Å². The molecule has 0 radical (unpaired) electrons. The normalized spacial score (nSPS) is 11.7. The fraction of sp³-hybridized carbons (Fsp3) is 0.190. The summed E-state index contributed by atoms with van der Waals surface area (Å²) in [5, 5.41) is 3.70. The van der Waals surface area contributed by atoms with E-state index in [9.17, 15) is 9.18 Å². The van der Waals surface area contributed by atoms with Crippen LogP contribution in [0, 0.1) is 5.95 Å². The molecule has 1 aromatic heterocycles. The zero-order chi connectivity index (χ0) is 19.2. The molecule has 0 fully saturated rings. The van der Waals surface area contributed by atoms with E-state index in [1.54, 1.807) is 14.0 Å². The molecule has 2 aromatic carbocycles. The molecule has 0 saturated carbocycles. The molecule has 3 aromatic rings. The van der Waals surface area contributed by atoms with Crippen molar-refractivity contribution in [3.63, 3.8) is 0 Å². The highest BCUT2D eigenvalue weighted by atomic mass is 19.1. The van der Waals surface area contributed by atoms with Gasteiger partial charge in [-0.25, -0.2) is 4.79 Å². The first-order valence-corrected chi connectivity index (χ1v) is 8.64. The second-order valence-electron chi connectivity index (χ2n) is 5.91. The lowest BCUT2D eigenvalue weighted by Crippen LogP contribution is -2.18. The van der Waals surface area contributed by atoms with Crippen LogP contribution >= 0.6 is 0 Å². The third-order valence-electron chi connectivity index (χ3n) is 3.97. The van der Waals surface area contributed by atoms with Gasteiger partial charge < -0.3 is 4.74 Å². The number of halogens is 1. The Balaban J connectivity index is 2.16. The summed E-state index contributed by atoms with van der Waals surface area (Å²) in [5.74, 6) is -1.35. The van der Waals surface area contributed by atoms with E-state index in [4.69, 9.17) is 4.74 Å². The summed E-state index contributed by atoms with van der Waals surface area (Å²) in [5.41, 5.74) is 2.31. The topological polar surface area (TPSA) is 56.5 Å². The number of nitrogens with zero attached hydrogens (tertiary/aromatic N) is 3. The molecule has 0 aliphatic heterocycles. The monoisotopic (exact) mass is 365 g/mol. The number of esters is 1. The summed E-state index contributed by atoms with van der Waals surface area (Å²) >= 11 is 0. The molecule has 3 rings (SSSR count). The molecule has 0 spiro atoms. The van der Waals surface area contributed by atoms with Crippen molar-refractivity contribution < 1.29 is 13.9 Å². The molecular weight excluding hydrogens is 345 g/mol. The van der Waals surface area contributed by atoms with Crippen LogP contribution in [0.1, 0.15) is 29.7 Å². The minimum absolute atomic E-state index is 0.0836. The third-order valence-corrected chi connectivity index (χ3v) is 3.97. The Morgan fingerprint density at radius 1 is 1.11 bits per heavy atom. The van der Waals surface area contributed by atoms with Crippen molar-refractivity contribution in [3.8, 4) is 0 Å². The van der Waals surface area contributed by atoms with Crippen LogP contribution in [0.15, 0.2) is 71.9 Å². The molecule has 0 N–H and O–H groups in total. The summed E-state index contributed by atoms with van der Waals surface area (Å²) in [6.07, 6.45) is 1.45. The molecule has 0 amide bonds. The van der Waals surface area contributed by atoms with Crippen molar-refractivity contribution in [1.29, 1.82) is 0 Å². The molecule has 0 saturated heterocycles. The number of hydrogen-bond donors (Lipinski definition) is 0. The molecule has 1 unspecified atom stereocenters. The number of carbonyl (C=O) groups is 1. The van der Waals surface area contributed by atoms with Crippen molar-refractivity contribution in [2.24, 2.45) is 12.0 Å². The lowest BCUT2D eigenvalue weighted by Gasteiger charge is -2.14. The van der Waals surface area contributed by atoms with Gasteiger partial charge in [-0.15, -0.1) is 5.10 Å². The highest BCUT2D eigenvalue weighted by Crippen LogP contribution is 2.24. The second kappa shape index (κ2) is 8.40. The smallest absolute Gasteiger partial charge is 0.335 e. The molecule has 0 aliphatic carbocycles. The average Bonchev–Trinajstić information content (AvgIpc) is 3.02. The van der Waals surface area contributed by atoms with Crippen LogP contribution < -0.4 is 0 Å². The standard InChI is InChI=1S/C21H20FN3O2/c1-3-27-21(26)19(17-14-25(2)24-20(17)22)23-18(15-10-6-4-7-11-15)16-12-8-5-9-13-16/h4-14,19H,3H2,1-2H3. The van der Waals surface area contributed by atoms with Gasteiger partial charge in [0, 0.05) is 24.4 Å². The minimum atomic E-state index is -1.14. The molecule has 1 atom stereocenters. The fourth-order valence-electron chi connectivity index (χ4n) is 2.77. The first-order valence-electron chi connectivity index (χ1n) is 8.64. The van der Waals surface area contributed by atoms with Gasteiger partial charge in [0.05, 0.1) is 17.9 Å². The lowest BCUT2D eigenvalue weighted by atomic mass is 10.0. The van der Waals surface area contributed by atoms with E-state index in [-0.39, 0.29) is 12.2 Å². The van der Waals surface area contributed by atoms with Gasteiger partial charge in [0.25, 0.3) is 0 Å². The summed E-state index contributed by atoms with van der Waals surface area (Å²) in [4.78, 5) is 17.2. The number of benzene rings is 2. The minimum Gasteiger partial charge on any atom is -0.464 e. The largest absolute Gasteiger partial charge is 0.464 e. The van der Waals surface area contributed by atoms with E-state index in [1.165, 1.54) is 10.9 Å². The van der Waals surface area contributed by atoms with Crippen LogP contribution in [-0.4, -0.2) is 28.1 Å². The van der Waals surface area contributed by atoms with E-state index in [0.29, 0.717) is 5.71 Å². The summed E-state index contributed by atoms with van der Waals surface area (Å²) in [7, 11) is 1.59. The van der Waals surface area contributed by atoms with E-state index < -0.39 is 18.0 Å². The molecule has 27 heavy (non-hydrogen) atoms. The number of aryl methyl sites for hydroxylation is 1. The predicted molar refractivity (Wildman–Crippen MR) is 101 cm³/mol. The number of ether oxygens (including phenoxy) is 1.